The number of hydrogen-bond donors (Lipinski definition) is 11. The van der Waals surface area contributed by atoms with E-state index >= 15 is 0 Å². The Morgan fingerprint density at radius 2 is 1.59 bits per heavy atom. The fourth-order valence-corrected chi connectivity index (χ4v) is 5.16. The Labute approximate surface area is 227 Å². The third kappa shape index (κ3) is 7.22. The predicted molar refractivity (Wildman–Crippen MR) is 135 cm³/mol. The highest BCUT2D eigenvalue weighted by Crippen LogP contribution is 2.32. The van der Waals surface area contributed by atoms with Crippen LogP contribution in [0.25, 0.3) is 0 Å². The van der Waals surface area contributed by atoms with E-state index in [4.69, 9.17) is 47.6 Å². The zero-order valence-corrected chi connectivity index (χ0v) is 22.1. The van der Waals surface area contributed by atoms with Gasteiger partial charge < -0.3 is 78.5 Å². The van der Waals surface area contributed by atoms with Crippen LogP contribution >= 0.6 is 0 Å². The smallest absolute Gasteiger partial charge is 0.223 e. The Morgan fingerprint density at radius 3 is 2.21 bits per heavy atom. The number of rotatable bonds is 10. The second-order valence-corrected chi connectivity index (χ2v) is 10.7. The van der Waals surface area contributed by atoms with E-state index in [0.29, 0.717) is 19.3 Å². The molecule has 228 valence electrons. The lowest BCUT2D eigenvalue weighted by Crippen LogP contribution is -2.74. The molecule has 0 aromatic rings. The fraction of sp³-hybridized carbons (Fsp3) is 0.957. The van der Waals surface area contributed by atoms with Gasteiger partial charge in [-0.2, -0.15) is 0 Å². The Kier molecular flexibility index (Phi) is 11.8. The molecule has 0 aromatic carbocycles. The van der Waals surface area contributed by atoms with Crippen molar-refractivity contribution in [2.75, 3.05) is 19.7 Å². The molecule has 0 aromatic heterocycles. The van der Waals surface area contributed by atoms with E-state index in [1.54, 1.807) is 6.92 Å². The molecule has 16 heteroatoms. The van der Waals surface area contributed by atoms with Crippen LogP contribution in [0.2, 0.25) is 0 Å². The largest absolute Gasteiger partial charge is 0.394 e. The number of carbonyl (C=O) groups is 1. The number of amides is 1. The highest BCUT2D eigenvalue weighted by Gasteiger charge is 2.54. The molecule has 2 heterocycles. The quantitative estimate of drug-likeness (QED) is 0.117. The molecule has 0 spiro atoms. The first-order valence-corrected chi connectivity index (χ1v) is 13.4. The molecule has 15 atom stereocenters. The van der Waals surface area contributed by atoms with Gasteiger partial charge in [0.1, 0.15) is 36.6 Å². The van der Waals surface area contributed by atoms with Gasteiger partial charge in [0.05, 0.1) is 43.0 Å². The van der Waals surface area contributed by atoms with Crippen molar-refractivity contribution in [2.45, 2.75) is 112 Å². The number of nitrogens with one attached hydrogen (secondary N) is 1. The average Bonchev–Trinajstić information content (AvgIpc) is 2.92. The SMILES string of the molecule is C[C@@H](CCN)C(=O)N[C@@H]1C(O)[C@H](N)C(O[C@H]2OC(CN)CCC2N)C(O)[C@H]1O[C@H]1OC(CO)[C@@H](O)[C@H](N)C1O. The number of nitrogens with two attached hydrogens (primary N) is 5. The lowest BCUT2D eigenvalue weighted by molar-refractivity contribution is -0.319. The molecule has 39 heavy (non-hydrogen) atoms. The summed E-state index contributed by atoms with van der Waals surface area (Å²) in [5.74, 6) is -1.02. The predicted octanol–water partition coefficient (Wildman–Crippen LogP) is -6.15. The summed E-state index contributed by atoms with van der Waals surface area (Å²) < 4.78 is 23.2. The molecule has 3 aliphatic rings. The molecule has 2 saturated heterocycles. The minimum Gasteiger partial charge on any atom is -0.394 e. The van der Waals surface area contributed by atoms with Crippen LogP contribution in [0, 0.1) is 5.92 Å². The normalized spacial score (nSPS) is 46.0. The summed E-state index contributed by atoms with van der Waals surface area (Å²) in [5.41, 5.74) is 29.7. The molecule has 1 aliphatic carbocycles. The van der Waals surface area contributed by atoms with Crippen LogP contribution in [0.5, 0.6) is 0 Å². The van der Waals surface area contributed by atoms with Gasteiger partial charge in [-0.3, -0.25) is 4.79 Å². The average molecular weight is 567 g/mol. The van der Waals surface area contributed by atoms with Gasteiger partial charge in [0, 0.05) is 12.5 Å². The zero-order chi connectivity index (χ0) is 29.0. The van der Waals surface area contributed by atoms with Crippen molar-refractivity contribution in [3.05, 3.63) is 0 Å². The van der Waals surface area contributed by atoms with E-state index in [2.05, 4.69) is 5.32 Å². The maximum atomic E-state index is 12.9. The van der Waals surface area contributed by atoms with Gasteiger partial charge in [0.2, 0.25) is 5.91 Å². The van der Waals surface area contributed by atoms with E-state index in [0.717, 1.165) is 0 Å². The lowest BCUT2D eigenvalue weighted by Gasteiger charge is -2.50. The summed E-state index contributed by atoms with van der Waals surface area (Å²) in [6, 6.07) is -4.34. The number of aliphatic hydroxyl groups excluding tert-OH is 5. The number of aliphatic hydroxyl groups is 5. The molecule has 0 radical (unpaired) electrons. The first-order chi connectivity index (χ1) is 18.4. The van der Waals surface area contributed by atoms with Crippen molar-refractivity contribution in [3.8, 4) is 0 Å². The first-order valence-electron chi connectivity index (χ1n) is 13.4. The summed E-state index contributed by atoms with van der Waals surface area (Å²) >= 11 is 0. The van der Waals surface area contributed by atoms with Crippen LogP contribution < -0.4 is 34.0 Å². The van der Waals surface area contributed by atoms with Gasteiger partial charge in [0.25, 0.3) is 0 Å². The maximum absolute atomic E-state index is 12.9. The van der Waals surface area contributed by atoms with Gasteiger partial charge in [-0.05, 0) is 25.8 Å². The van der Waals surface area contributed by atoms with E-state index in [9.17, 15) is 30.3 Å². The fourth-order valence-electron chi connectivity index (χ4n) is 5.16. The lowest BCUT2D eigenvalue weighted by atomic mass is 9.81. The second kappa shape index (κ2) is 14.2. The molecular formula is C23H46N6O10. The molecule has 1 saturated carbocycles. The van der Waals surface area contributed by atoms with Gasteiger partial charge in [0.15, 0.2) is 12.6 Å². The van der Waals surface area contributed by atoms with Crippen molar-refractivity contribution < 1.29 is 49.3 Å². The van der Waals surface area contributed by atoms with Crippen LogP contribution in [0.15, 0.2) is 0 Å². The molecular weight excluding hydrogens is 520 g/mol. The molecule has 7 unspecified atom stereocenters. The molecule has 3 rings (SSSR count). The van der Waals surface area contributed by atoms with Crippen molar-refractivity contribution in [3.63, 3.8) is 0 Å². The summed E-state index contributed by atoms with van der Waals surface area (Å²) in [6.07, 6.45) is -11.4. The Balaban J connectivity index is 1.88. The second-order valence-electron chi connectivity index (χ2n) is 10.7. The van der Waals surface area contributed by atoms with E-state index in [-0.39, 0.29) is 19.2 Å². The Hall–Kier alpha value is -1.09. The summed E-state index contributed by atoms with van der Waals surface area (Å²) in [6.45, 7) is 1.48. The van der Waals surface area contributed by atoms with Crippen molar-refractivity contribution in [1.82, 2.24) is 5.32 Å². The van der Waals surface area contributed by atoms with E-state index in [1.807, 2.05) is 0 Å². The van der Waals surface area contributed by atoms with Crippen molar-refractivity contribution in [1.29, 1.82) is 0 Å². The van der Waals surface area contributed by atoms with Gasteiger partial charge in [-0.25, -0.2) is 0 Å². The molecule has 3 fully saturated rings. The standard InChI is InChI=1S/C23H46N6O10/c1-8(4-5-24)21(35)29-14-16(32)13(28)19(38-22-10(26)3-2-9(6-25)36-22)18(34)20(14)39-23-17(33)12(27)15(31)11(7-30)37-23/h8-20,22-23,30-34H,2-7,24-28H2,1H3,(H,29,35)/t8-,9?,10?,11?,12-,13-,14+,15+,16?,17?,18?,19?,20-,22+,23+/m0/s1. The monoisotopic (exact) mass is 566 g/mol. The minimum absolute atomic E-state index is 0.227. The van der Waals surface area contributed by atoms with Crippen LogP contribution in [-0.2, 0) is 23.7 Å². The third-order valence-electron chi connectivity index (χ3n) is 7.81. The summed E-state index contributed by atoms with van der Waals surface area (Å²) in [5, 5.41) is 55.7. The number of hydrogen-bond acceptors (Lipinski definition) is 15. The number of carbonyl (C=O) groups excluding carboxylic acids is 1. The molecule has 1 amide bonds. The topological polar surface area (TPSA) is 297 Å². The van der Waals surface area contributed by atoms with Crippen LogP contribution in [0.4, 0.5) is 0 Å². The Bertz CT molecular complexity index is 786. The van der Waals surface area contributed by atoms with E-state index < -0.39 is 97.9 Å². The highest BCUT2D eigenvalue weighted by molar-refractivity contribution is 5.78. The molecule has 2 aliphatic heterocycles. The molecule has 16 N–H and O–H groups in total. The first kappa shape index (κ1) is 32.4. The Morgan fingerprint density at radius 1 is 0.923 bits per heavy atom. The summed E-state index contributed by atoms with van der Waals surface area (Å²) in [7, 11) is 0. The van der Waals surface area contributed by atoms with Crippen molar-refractivity contribution >= 4 is 5.91 Å². The highest BCUT2D eigenvalue weighted by atomic mass is 16.7. The van der Waals surface area contributed by atoms with E-state index in [1.165, 1.54) is 0 Å². The van der Waals surface area contributed by atoms with Crippen molar-refractivity contribution in [2.24, 2.45) is 34.6 Å². The van der Waals surface area contributed by atoms with Gasteiger partial charge >= 0.3 is 0 Å². The van der Waals surface area contributed by atoms with Crippen LogP contribution in [-0.4, -0.2) is 137 Å². The molecule has 0 bridgehead atoms. The summed E-state index contributed by atoms with van der Waals surface area (Å²) in [4.78, 5) is 12.9. The maximum Gasteiger partial charge on any atom is 0.223 e. The van der Waals surface area contributed by atoms with Gasteiger partial charge in [-0.1, -0.05) is 6.92 Å². The van der Waals surface area contributed by atoms with Crippen LogP contribution in [0.3, 0.4) is 0 Å². The number of ether oxygens (including phenoxy) is 4. The van der Waals surface area contributed by atoms with Gasteiger partial charge in [-0.15, -0.1) is 0 Å². The minimum atomic E-state index is -1.60. The molecule has 16 nitrogen and oxygen atoms in total. The zero-order valence-electron chi connectivity index (χ0n) is 22.1. The van der Waals surface area contributed by atoms with Crippen LogP contribution in [0.1, 0.15) is 26.2 Å². The third-order valence-corrected chi connectivity index (χ3v) is 7.81.